The normalized spacial score (nSPS) is 13.5. The van der Waals surface area contributed by atoms with Crippen molar-refractivity contribution < 1.29 is 26.1 Å². The Labute approximate surface area is 62.0 Å². The smallest absolute Gasteiger partial charge is 0.197 e. The minimum atomic E-state index is -4.50. The maximum absolute atomic E-state index is 11.3. The van der Waals surface area contributed by atoms with Gasteiger partial charge in [-0.25, -0.2) is 0 Å². The zero-order chi connectivity index (χ0) is 9.12. The zero-order valence-electron chi connectivity index (χ0n) is 5.39. The molecule has 0 amide bonds. The van der Waals surface area contributed by atoms with E-state index in [1.54, 1.807) is 0 Å². The zero-order valence-corrected chi connectivity index (χ0v) is 6.20. The number of halogens is 3. The van der Waals surface area contributed by atoms with Crippen LogP contribution in [0.5, 0.6) is 0 Å². The first-order valence-electron chi connectivity index (χ1n) is 2.71. The number of alkyl halides is 3. The monoisotopic (exact) mass is 191 g/mol. The van der Waals surface area contributed by atoms with Crippen LogP contribution in [0.3, 0.4) is 0 Å². The van der Waals surface area contributed by atoms with Crippen molar-refractivity contribution in [1.82, 2.24) is 0 Å². The lowest BCUT2D eigenvalue weighted by atomic mass is 10.3. The Bertz CT molecular complexity index is 205. The standard InChI is InChI=1S/C4H6F3O3S/c5-4(6,7)2-1-3-11(8,9)10/h1-3H2. The van der Waals surface area contributed by atoms with Crippen molar-refractivity contribution in [1.29, 1.82) is 0 Å². The lowest BCUT2D eigenvalue weighted by Crippen LogP contribution is -2.10. The Morgan fingerprint density at radius 2 is 1.64 bits per heavy atom. The summed E-state index contributed by atoms with van der Waals surface area (Å²) in [5.74, 6) is -0.952. The molecule has 0 unspecified atom stereocenters. The topological polar surface area (TPSA) is 54.0 Å². The van der Waals surface area contributed by atoms with Gasteiger partial charge in [0.25, 0.3) is 10.1 Å². The van der Waals surface area contributed by atoms with E-state index in [1.807, 2.05) is 0 Å². The minimum absolute atomic E-state index is 0.657. The van der Waals surface area contributed by atoms with Crippen LogP contribution in [-0.4, -0.2) is 20.3 Å². The minimum Gasteiger partial charge on any atom is -0.197 e. The van der Waals surface area contributed by atoms with E-state index in [0.717, 1.165) is 0 Å². The number of hydrogen-bond donors (Lipinski definition) is 0. The van der Waals surface area contributed by atoms with Gasteiger partial charge in [0.15, 0.2) is 0 Å². The van der Waals surface area contributed by atoms with Crippen molar-refractivity contribution in [2.75, 3.05) is 5.75 Å². The highest BCUT2D eigenvalue weighted by Gasteiger charge is 2.27. The van der Waals surface area contributed by atoms with Gasteiger partial charge in [0.2, 0.25) is 0 Å². The van der Waals surface area contributed by atoms with Crippen molar-refractivity contribution in [3.63, 3.8) is 0 Å². The summed E-state index contributed by atoms with van der Waals surface area (Å²) in [5.41, 5.74) is 0. The SMILES string of the molecule is [O]S(=O)(=O)CCCC(F)(F)F. The van der Waals surface area contributed by atoms with Gasteiger partial charge in [-0.2, -0.15) is 21.6 Å². The van der Waals surface area contributed by atoms with Crippen LogP contribution < -0.4 is 0 Å². The van der Waals surface area contributed by atoms with E-state index in [1.165, 1.54) is 0 Å². The molecule has 0 saturated carbocycles. The molecule has 0 aliphatic heterocycles. The molecule has 0 N–H and O–H groups in total. The van der Waals surface area contributed by atoms with Crippen molar-refractivity contribution in [3.8, 4) is 0 Å². The van der Waals surface area contributed by atoms with Crippen LogP contribution in [0.15, 0.2) is 0 Å². The van der Waals surface area contributed by atoms with Crippen molar-refractivity contribution in [2.24, 2.45) is 0 Å². The highest BCUT2D eigenvalue weighted by molar-refractivity contribution is 7.85. The van der Waals surface area contributed by atoms with E-state index in [9.17, 15) is 26.1 Å². The summed E-state index contributed by atoms with van der Waals surface area (Å²) in [6, 6.07) is 0. The number of rotatable bonds is 3. The third-order valence-electron chi connectivity index (χ3n) is 0.855. The predicted molar refractivity (Wildman–Crippen MR) is 29.8 cm³/mol. The van der Waals surface area contributed by atoms with Gasteiger partial charge >= 0.3 is 6.18 Å². The Hall–Kier alpha value is -0.300. The van der Waals surface area contributed by atoms with E-state index in [-0.39, 0.29) is 0 Å². The maximum Gasteiger partial charge on any atom is 0.389 e. The van der Waals surface area contributed by atoms with Gasteiger partial charge < -0.3 is 0 Å². The molecule has 3 nitrogen and oxygen atoms in total. The van der Waals surface area contributed by atoms with Crippen LogP contribution in [-0.2, 0) is 14.7 Å². The van der Waals surface area contributed by atoms with Crippen LogP contribution >= 0.6 is 0 Å². The molecular formula is C4H6F3O3S. The van der Waals surface area contributed by atoms with Crippen molar-refractivity contribution >= 4 is 10.1 Å². The average molecular weight is 191 g/mol. The van der Waals surface area contributed by atoms with Crippen LogP contribution in [0, 0.1) is 0 Å². The Morgan fingerprint density at radius 3 is 1.91 bits per heavy atom. The highest BCUT2D eigenvalue weighted by Crippen LogP contribution is 2.21. The molecule has 1 radical (unpaired) electrons. The van der Waals surface area contributed by atoms with Crippen LogP contribution in [0.4, 0.5) is 13.2 Å². The molecule has 0 bridgehead atoms. The third kappa shape index (κ3) is 9.70. The van der Waals surface area contributed by atoms with Gasteiger partial charge in [-0.3, -0.25) is 0 Å². The first-order chi connectivity index (χ1) is 4.71. The summed E-state index contributed by atoms with van der Waals surface area (Å²) in [5, 5.41) is 0. The van der Waals surface area contributed by atoms with E-state index < -0.39 is 34.9 Å². The lowest BCUT2D eigenvalue weighted by Gasteiger charge is -2.02. The molecule has 0 aliphatic carbocycles. The quantitative estimate of drug-likeness (QED) is 0.670. The van der Waals surface area contributed by atoms with Crippen LogP contribution in [0.2, 0.25) is 0 Å². The summed E-state index contributed by atoms with van der Waals surface area (Å²) in [7, 11) is -4.50. The molecule has 0 aromatic heterocycles. The first-order valence-corrected chi connectivity index (χ1v) is 4.29. The van der Waals surface area contributed by atoms with E-state index in [0.29, 0.717) is 0 Å². The van der Waals surface area contributed by atoms with E-state index in [4.69, 9.17) is 0 Å². The third-order valence-corrected chi connectivity index (χ3v) is 1.64. The Balaban J connectivity index is 3.61. The van der Waals surface area contributed by atoms with Crippen molar-refractivity contribution in [2.45, 2.75) is 19.0 Å². The van der Waals surface area contributed by atoms with Gasteiger partial charge in [-0.15, -0.1) is 0 Å². The molecule has 0 saturated heterocycles. The van der Waals surface area contributed by atoms with Gasteiger partial charge in [0.05, 0.1) is 5.75 Å². The fourth-order valence-electron chi connectivity index (χ4n) is 0.449. The molecule has 0 aromatic rings. The molecule has 11 heavy (non-hydrogen) atoms. The number of hydrogen-bond acceptors (Lipinski definition) is 2. The molecule has 0 heterocycles. The average Bonchev–Trinajstić information content (AvgIpc) is 1.55. The molecule has 0 atom stereocenters. The maximum atomic E-state index is 11.3. The Kier molecular flexibility index (Phi) is 3.30. The van der Waals surface area contributed by atoms with E-state index in [2.05, 4.69) is 0 Å². The second-order valence-corrected chi connectivity index (χ2v) is 3.50. The highest BCUT2D eigenvalue weighted by atomic mass is 32.2. The summed E-state index contributed by atoms with van der Waals surface area (Å²) < 4.78 is 63.4. The molecule has 7 heteroatoms. The van der Waals surface area contributed by atoms with Gasteiger partial charge in [-0.1, -0.05) is 4.55 Å². The molecule has 67 valence electrons. The summed E-state index contributed by atoms with van der Waals surface area (Å²) in [4.78, 5) is 0. The fraction of sp³-hybridized carbons (Fsp3) is 1.00. The van der Waals surface area contributed by atoms with Gasteiger partial charge in [0, 0.05) is 6.42 Å². The largest absolute Gasteiger partial charge is 0.389 e. The Morgan fingerprint density at radius 1 is 1.18 bits per heavy atom. The first kappa shape index (κ1) is 10.7. The van der Waals surface area contributed by atoms with Crippen LogP contribution in [0.25, 0.3) is 0 Å². The second kappa shape index (κ2) is 3.40. The van der Waals surface area contributed by atoms with Gasteiger partial charge in [0.1, 0.15) is 0 Å². The molecule has 0 aliphatic rings. The predicted octanol–water partition coefficient (Wildman–Crippen LogP) is 1.09. The van der Waals surface area contributed by atoms with E-state index >= 15 is 0 Å². The summed E-state index contributed by atoms with van der Waals surface area (Å²) in [6.45, 7) is 0. The summed E-state index contributed by atoms with van der Waals surface area (Å²) >= 11 is 0. The molecule has 0 rings (SSSR count). The molecular weight excluding hydrogens is 185 g/mol. The lowest BCUT2D eigenvalue weighted by molar-refractivity contribution is -0.134. The second-order valence-electron chi connectivity index (χ2n) is 1.98. The fourth-order valence-corrected chi connectivity index (χ4v) is 0.947. The van der Waals surface area contributed by atoms with Crippen LogP contribution in [0.1, 0.15) is 12.8 Å². The molecule has 0 spiro atoms. The van der Waals surface area contributed by atoms with Crippen molar-refractivity contribution in [3.05, 3.63) is 0 Å². The van der Waals surface area contributed by atoms with Gasteiger partial charge in [-0.05, 0) is 6.42 Å². The molecule has 0 aromatic carbocycles. The molecule has 0 fully saturated rings. The summed E-state index contributed by atoms with van der Waals surface area (Å²) in [6.07, 6.45) is -6.27.